The van der Waals surface area contributed by atoms with Gasteiger partial charge in [-0.15, -0.1) is 0 Å². The van der Waals surface area contributed by atoms with Crippen LogP contribution in [0.1, 0.15) is 58.9 Å². The first kappa shape index (κ1) is 12.3. The Morgan fingerprint density at radius 1 is 1.29 bits per heavy atom. The van der Waals surface area contributed by atoms with E-state index in [2.05, 4.69) is 11.1 Å². The lowest BCUT2D eigenvalue weighted by Crippen LogP contribution is -2.15. The molecule has 104 valence electrons. The van der Waals surface area contributed by atoms with Crippen LogP contribution in [0, 0.1) is 11.3 Å². The molecule has 0 aliphatic heterocycles. The molecule has 0 atom stereocenters. The van der Waals surface area contributed by atoms with Gasteiger partial charge in [-0.3, -0.25) is 9.36 Å². The van der Waals surface area contributed by atoms with Crippen LogP contribution in [0.5, 0.6) is 0 Å². The number of fused-ring (bicyclic) bond motifs is 1. The number of carbonyl (C=O) groups excluding carboxylic acids is 1. The van der Waals surface area contributed by atoms with Crippen molar-refractivity contribution >= 4 is 5.78 Å². The van der Waals surface area contributed by atoms with Gasteiger partial charge in [-0.05, 0) is 55.4 Å². The molecule has 21 heavy (non-hydrogen) atoms. The molecule has 2 aliphatic carbocycles. The molecule has 0 unspecified atom stereocenters. The molecule has 1 saturated carbocycles. The number of benzene rings is 1. The van der Waals surface area contributed by atoms with Crippen LogP contribution >= 0.6 is 0 Å². The van der Waals surface area contributed by atoms with Crippen molar-refractivity contribution in [2.24, 2.45) is 0 Å². The van der Waals surface area contributed by atoms with Crippen LogP contribution in [-0.2, 0) is 6.42 Å². The minimum atomic E-state index is 0.180. The lowest BCUT2D eigenvalue weighted by Gasteiger charge is -2.16. The number of Topliss-reactive ketones (excluding diaryl/α,β-unsaturated/α-hetero) is 1. The van der Waals surface area contributed by atoms with Crippen LogP contribution in [0.2, 0.25) is 0 Å². The fraction of sp³-hybridized carbons (Fsp3) is 0.353. The third-order valence-electron chi connectivity index (χ3n) is 4.36. The average Bonchev–Trinajstić information content (AvgIpc) is 3.26. The molecular weight excluding hydrogens is 262 g/mol. The zero-order valence-electron chi connectivity index (χ0n) is 11.7. The molecule has 0 radical (unpaired) electrons. The molecule has 1 fully saturated rings. The number of carbonyl (C=O) groups is 1. The lowest BCUT2D eigenvalue weighted by molar-refractivity contribution is 0.0965. The zero-order chi connectivity index (χ0) is 14.4. The molecule has 4 nitrogen and oxygen atoms in total. The lowest BCUT2D eigenvalue weighted by atomic mass is 9.98. The van der Waals surface area contributed by atoms with Gasteiger partial charge >= 0.3 is 0 Å². The normalized spacial score (nSPS) is 17.4. The number of nitrogens with zero attached hydrogens (tertiary/aromatic N) is 3. The Morgan fingerprint density at radius 2 is 2.14 bits per heavy atom. The number of aryl methyl sites for hydroxylation is 1. The second-order valence-corrected chi connectivity index (χ2v) is 5.85. The van der Waals surface area contributed by atoms with Crippen LogP contribution in [0.3, 0.4) is 0 Å². The Bertz CT molecular complexity index is 778. The molecule has 0 N–H and O–H groups in total. The molecular formula is C17H15N3O. The molecule has 1 aromatic heterocycles. The number of aromatic nitrogens is 2. The smallest absolute Gasteiger partial charge is 0.181 e. The standard InChI is InChI=1S/C17H15N3O/c18-9-11-4-7-15(13(8-11)12-5-6-12)20-10-19-14-2-1-3-16(21)17(14)20/h4,7-8,10,12H,1-3,5-6H2. The monoisotopic (exact) mass is 277 g/mol. The molecule has 0 amide bonds. The van der Waals surface area contributed by atoms with Crippen molar-refractivity contribution in [3.8, 4) is 11.8 Å². The van der Waals surface area contributed by atoms with Crippen molar-refractivity contribution in [1.29, 1.82) is 5.26 Å². The maximum absolute atomic E-state index is 12.2. The van der Waals surface area contributed by atoms with E-state index in [9.17, 15) is 4.79 Å². The topological polar surface area (TPSA) is 58.7 Å². The summed E-state index contributed by atoms with van der Waals surface area (Å²) in [5.41, 5.74) is 4.53. The van der Waals surface area contributed by atoms with Crippen molar-refractivity contribution in [2.75, 3.05) is 0 Å². The minimum Gasteiger partial charge on any atom is -0.296 e. The van der Waals surface area contributed by atoms with Gasteiger partial charge < -0.3 is 0 Å². The molecule has 1 aromatic carbocycles. The van der Waals surface area contributed by atoms with Gasteiger partial charge in [0.25, 0.3) is 0 Å². The van der Waals surface area contributed by atoms with Crippen molar-refractivity contribution in [2.45, 2.75) is 38.0 Å². The van der Waals surface area contributed by atoms with Crippen LogP contribution in [0.4, 0.5) is 0 Å². The van der Waals surface area contributed by atoms with Crippen molar-refractivity contribution in [3.05, 3.63) is 47.0 Å². The van der Waals surface area contributed by atoms with E-state index >= 15 is 0 Å². The first-order valence-corrected chi connectivity index (χ1v) is 7.42. The average molecular weight is 277 g/mol. The fourth-order valence-corrected chi connectivity index (χ4v) is 3.15. The quantitative estimate of drug-likeness (QED) is 0.847. The molecule has 4 heteroatoms. The molecule has 1 heterocycles. The van der Waals surface area contributed by atoms with E-state index in [1.807, 2.05) is 22.8 Å². The Hall–Kier alpha value is -2.41. The Labute approximate surface area is 123 Å². The summed E-state index contributed by atoms with van der Waals surface area (Å²) in [5.74, 6) is 0.699. The number of ketones is 1. The third-order valence-corrected chi connectivity index (χ3v) is 4.36. The summed E-state index contributed by atoms with van der Waals surface area (Å²) in [6, 6.07) is 7.94. The van der Waals surface area contributed by atoms with Gasteiger partial charge in [0.15, 0.2) is 5.78 Å². The summed E-state index contributed by atoms with van der Waals surface area (Å²) in [5, 5.41) is 9.10. The van der Waals surface area contributed by atoms with Gasteiger partial charge in [0.2, 0.25) is 0 Å². The maximum atomic E-state index is 12.2. The van der Waals surface area contributed by atoms with Gasteiger partial charge in [0, 0.05) is 6.42 Å². The molecule has 0 bridgehead atoms. The second-order valence-electron chi connectivity index (χ2n) is 5.85. The van der Waals surface area contributed by atoms with Crippen LogP contribution in [0.25, 0.3) is 5.69 Å². The van der Waals surface area contributed by atoms with Gasteiger partial charge in [0.05, 0.1) is 23.0 Å². The van der Waals surface area contributed by atoms with E-state index < -0.39 is 0 Å². The number of hydrogen-bond donors (Lipinski definition) is 0. The van der Waals surface area contributed by atoms with Crippen LogP contribution in [-0.4, -0.2) is 15.3 Å². The summed E-state index contributed by atoms with van der Waals surface area (Å²) in [6.07, 6.45) is 6.46. The van der Waals surface area contributed by atoms with Gasteiger partial charge in [-0.1, -0.05) is 0 Å². The van der Waals surface area contributed by atoms with Gasteiger partial charge in [-0.25, -0.2) is 4.98 Å². The number of nitriles is 1. The largest absolute Gasteiger partial charge is 0.296 e. The highest BCUT2D eigenvalue weighted by molar-refractivity contribution is 5.97. The molecule has 2 aromatic rings. The maximum Gasteiger partial charge on any atom is 0.181 e. The van der Waals surface area contributed by atoms with Crippen molar-refractivity contribution in [3.63, 3.8) is 0 Å². The predicted molar refractivity (Wildman–Crippen MR) is 77.5 cm³/mol. The summed E-state index contributed by atoms with van der Waals surface area (Å²) in [4.78, 5) is 16.7. The number of hydrogen-bond acceptors (Lipinski definition) is 3. The van der Waals surface area contributed by atoms with E-state index in [4.69, 9.17) is 5.26 Å². The summed E-state index contributed by atoms with van der Waals surface area (Å²) >= 11 is 0. The molecule has 0 spiro atoms. The number of rotatable bonds is 2. The van der Waals surface area contributed by atoms with E-state index in [-0.39, 0.29) is 5.78 Å². The third kappa shape index (κ3) is 1.97. The summed E-state index contributed by atoms with van der Waals surface area (Å²) < 4.78 is 1.94. The van der Waals surface area contributed by atoms with E-state index in [1.54, 1.807) is 6.33 Å². The Morgan fingerprint density at radius 3 is 2.90 bits per heavy atom. The van der Waals surface area contributed by atoms with E-state index in [1.165, 1.54) is 5.56 Å². The first-order chi connectivity index (χ1) is 10.3. The first-order valence-electron chi connectivity index (χ1n) is 7.42. The Balaban J connectivity index is 1.90. The van der Waals surface area contributed by atoms with E-state index in [0.717, 1.165) is 42.8 Å². The van der Waals surface area contributed by atoms with Gasteiger partial charge in [-0.2, -0.15) is 5.26 Å². The molecule has 4 rings (SSSR count). The van der Waals surface area contributed by atoms with Crippen LogP contribution < -0.4 is 0 Å². The minimum absolute atomic E-state index is 0.180. The van der Waals surface area contributed by atoms with Crippen molar-refractivity contribution in [1.82, 2.24) is 9.55 Å². The highest BCUT2D eigenvalue weighted by atomic mass is 16.1. The fourth-order valence-electron chi connectivity index (χ4n) is 3.15. The summed E-state index contributed by atoms with van der Waals surface area (Å²) in [6.45, 7) is 0. The highest BCUT2D eigenvalue weighted by Gasteiger charge is 2.29. The number of imidazole rings is 1. The highest BCUT2D eigenvalue weighted by Crippen LogP contribution is 2.43. The molecule has 0 saturated heterocycles. The SMILES string of the molecule is N#Cc1ccc(-n2cnc3c2C(=O)CCC3)c(C2CC2)c1. The predicted octanol–water partition coefficient (Wildman–Crippen LogP) is 3.14. The van der Waals surface area contributed by atoms with Crippen LogP contribution in [0.15, 0.2) is 24.5 Å². The molecule has 2 aliphatic rings. The second kappa shape index (κ2) is 4.56. The summed E-state index contributed by atoms with van der Waals surface area (Å²) in [7, 11) is 0. The van der Waals surface area contributed by atoms with E-state index in [0.29, 0.717) is 17.9 Å². The van der Waals surface area contributed by atoms with Gasteiger partial charge in [0.1, 0.15) is 12.0 Å². The van der Waals surface area contributed by atoms with Crippen molar-refractivity contribution < 1.29 is 4.79 Å². The Kier molecular flexibility index (Phi) is 2.68. The zero-order valence-corrected chi connectivity index (χ0v) is 11.7.